The summed E-state index contributed by atoms with van der Waals surface area (Å²) in [5, 5.41) is 8.42. The molecule has 1 N–H and O–H groups in total. The molecule has 0 atom stereocenters. The van der Waals surface area contributed by atoms with E-state index in [1.807, 2.05) is 0 Å². The average molecular weight is 174 g/mol. The molecular weight excluding hydrogens is 160 g/mol. The minimum absolute atomic E-state index is 0.309. The maximum atomic E-state index is 10.2. The monoisotopic (exact) mass is 174 g/mol. The predicted molar refractivity (Wildman–Crippen MR) is 49.1 cm³/mol. The Kier molecular flexibility index (Phi) is 6.03. The number of unbranched alkanes of at least 4 members (excludes halogenated alkanes) is 2. The summed E-state index contributed by atoms with van der Waals surface area (Å²) in [5.41, 5.74) is 0.309. The summed E-state index contributed by atoms with van der Waals surface area (Å²) in [5.74, 6) is -0.00427. The number of carboxylic acids is 1. The van der Waals surface area contributed by atoms with E-state index in [4.69, 9.17) is 5.11 Å². The van der Waals surface area contributed by atoms with Crippen molar-refractivity contribution in [2.45, 2.75) is 25.7 Å². The topological polar surface area (TPSA) is 37.3 Å². The van der Waals surface area contributed by atoms with Gasteiger partial charge in [-0.1, -0.05) is 13.0 Å². The van der Waals surface area contributed by atoms with E-state index in [-0.39, 0.29) is 0 Å². The molecule has 0 saturated carbocycles. The van der Waals surface area contributed by atoms with Gasteiger partial charge in [0.25, 0.3) is 0 Å². The Balaban J connectivity index is 3.25. The molecule has 11 heavy (non-hydrogen) atoms. The Morgan fingerprint density at radius 1 is 1.36 bits per heavy atom. The van der Waals surface area contributed by atoms with Crippen LogP contribution in [0, 0.1) is 0 Å². The van der Waals surface area contributed by atoms with Gasteiger partial charge in [0.15, 0.2) is 0 Å². The fourth-order valence-electron chi connectivity index (χ4n) is 0.734. The van der Waals surface area contributed by atoms with Gasteiger partial charge in [-0.25, -0.2) is 4.79 Å². The molecule has 0 aliphatic rings. The maximum absolute atomic E-state index is 10.2. The van der Waals surface area contributed by atoms with Crippen LogP contribution in [0.25, 0.3) is 0 Å². The summed E-state index contributed by atoms with van der Waals surface area (Å²) in [7, 11) is 0. The molecule has 0 radical (unpaired) electrons. The van der Waals surface area contributed by atoms with Crippen molar-refractivity contribution >= 4 is 18.6 Å². The lowest BCUT2D eigenvalue weighted by Gasteiger charge is -1.98. The number of aliphatic carboxylic acids is 1. The summed E-state index contributed by atoms with van der Waals surface area (Å²) in [6.07, 6.45) is 3.60. The van der Waals surface area contributed by atoms with E-state index >= 15 is 0 Å². The molecule has 0 aromatic rings. The zero-order valence-corrected chi connectivity index (χ0v) is 7.44. The molecule has 3 heteroatoms. The van der Waals surface area contributed by atoms with Crippen LogP contribution in [-0.2, 0) is 4.79 Å². The number of carbonyl (C=O) groups is 1. The van der Waals surface area contributed by atoms with Crippen molar-refractivity contribution in [2.24, 2.45) is 0 Å². The van der Waals surface area contributed by atoms with Crippen LogP contribution in [0.4, 0.5) is 0 Å². The van der Waals surface area contributed by atoms with Crippen LogP contribution >= 0.6 is 12.6 Å². The fourth-order valence-corrected chi connectivity index (χ4v) is 0.958. The zero-order chi connectivity index (χ0) is 8.69. The van der Waals surface area contributed by atoms with Gasteiger partial charge in [0.1, 0.15) is 0 Å². The van der Waals surface area contributed by atoms with Gasteiger partial charge in [-0.2, -0.15) is 12.6 Å². The normalized spacial score (nSPS) is 9.55. The summed E-state index contributed by atoms with van der Waals surface area (Å²) in [6.45, 7) is 3.43. The molecule has 0 saturated heterocycles. The fraction of sp³-hybridized carbons (Fsp3) is 0.625. The van der Waals surface area contributed by atoms with Gasteiger partial charge in [-0.05, 0) is 25.0 Å². The lowest BCUT2D eigenvalue weighted by Crippen LogP contribution is -1.98. The first kappa shape index (κ1) is 10.6. The van der Waals surface area contributed by atoms with Crippen LogP contribution in [0.2, 0.25) is 0 Å². The summed E-state index contributed by atoms with van der Waals surface area (Å²) < 4.78 is 0. The summed E-state index contributed by atoms with van der Waals surface area (Å²) in [4.78, 5) is 10.2. The lowest BCUT2D eigenvalue weighted by molar-refractivity contribution is -0.132. The molecule has 0 heterocycles. The quantitative estimate of drug-likeness (QED) is 0.367. The third kappa shape index (κ3) is 5.98. The van der Waals surface area contributed by atoms with E-state index in [1.165, 1.54) is 0 Å². The lowest BCUT2D eigenvalue weighted by atomic mass is 10.1. The van der Waals surface area contributed by atoms with Crippen molar-refractivity contribution in [3.05, 3.63) is 12.2 Å². The van der Waals surface area contributed by atoms with Crippen molar-refractivity contribution in [3.8, 4) is 0 Å². The van der Waals surface area contributed by atoms with Gasteiger partial charge in [0, 0.05) is 5.57 Å². The molecule has 64 valence electrons. The zero-order valence-electron chi connectivity index (χ0n) is 6.55. The number of hydrogen-bond donors (Lipinski definition) is 2. The van der Waals surface area contributed by atoms with Crippen LogP contribution in [0.5, 0.6) is 0 Å². The van der Waals surface area contributed by atoms with Gasteiger partial charge >= 0.3 is 5.97 Å². The van der Waals surface area contributed by atoms with E-state index in [9.17, 15) is 4.79 Å². The van der Waals surface area contributed by atoms with Crippen LogP contribution in [0.15, 0.2) is 12.2 Å². The minimum Gasteiger partial charge on any atom is -0.478 e. The number of hydrogen-bond acceptors (Lipinski definition) is 2. The molecule has 0 bridgehead atoms. The molecule has 0 amide bonds. The summed E-state index contributed by atoms with van der Waals surface area (Å²) in [6, 6.07) is 0. The molecule has 0 aliphatic heterocycles. The van der Waals surface area contributed by atoms with E-state index in [1.54, 1.807) is 0 Å². The molecule has 0 aliphatic carbocycles. The highest BCUT2D eigenvalue weighted by Crippen LogP contribution is 2.07. The molecular formula is C8H14O2S. The third-order valence-electron chi connectivity index (χ3n) is 1.44. The Morgan fingerprint density at radius 2 is 2.00 bits per heavy atom. The first-order chi connectivity index (χ1) is 5.18. The second-order valence-electron chi connectivity index (χ2n) is 2.44. The van der Waals surface area contributed by atoms with Gasteiger partial charge in [0.2, 0.25) is 0 Å². The SMILES string of the molecule is C=C(CCCCCS)C(=O)O. The van der Waals surface area contributed by atoms with Crippen molar-refractivity contribution < 1.29 is 9.90 Å². The number of rotatable bonds is 6. The second kappa shape index (κ2) is 6.28. The van der Waals surface area contributed by atoms with E-state index in [2.05, 4.69) is 19.2 Å². The molecule has 0 unspecified atom stereocenters. The van der Waals surface area contributed by atoms with Gasteiger partial charge in [-0.3, -0.25) is 0 Å². The third-order valence-corrected chi connectivity index (χ3v) is 1.76. The van der Waals surface area contributed by atoms with Crippen molar-refractivity contribution in [2.75, 3.05) is 5.75 Å². The molecule has 0 fully saturated rings. The van der Waals surface area contributed by atoms with E-state index < -0.39 is 5.97 Å². The Morgan fingerprint density at radius 3 is 2.45 bits per heavy atom. The molecule has 2 nitrogen and oxygen atoms in total. The molecule has 0 rings (SSSR count). The number of carboxylic acid groups (broad SMARTS) is 1. The molecule has 0 aromatic carbocycles. The highest BCUT2D eigenvalue weighted by Gasteiger charge is 2.01. The number of thiol groups is 1. The molecule has 0 aromatic heterocycles. The van der Waals surface area contributed by atoms with Crippen LogP contribution in [0.3, 0.4) is 0 Å². The average Bonchev–Trinajstić information content (AvgIpc) is 1.97. The highest BCUT2D eigenvalue weighted by atomic mass is 32.1. The Bertz CT molecular complexity index is 143. The Labute approximate surface area is 72.7 Å². The minimum atomic E-state index is -0.879. The Hall–Kier alpha value is -0.440. The standard InChI is InChI=1S/C8H14O2S/c1-7(8(9)10)5-3-2-4-6-11/h11H,1-6H2,(H,9,10). The first-order valence-corrected chi connectivity index (χ1v) is 4.33. The summed E-state index contributed by atoms with van der Waals surface area (Å²) >= 11 is 4.05. The van der Waals surface area contributed by atoms with E-state index in [0.29, 0.717) is 12.0 Å². The van der Waals surface area contributed by atoms with Gasteiger partial charge < -0.3 is 5.11 Å². The highest BCUT2D eigenvalue weighted by molar-refractivity contribution is 7.80. The van der Waals surface area contributed by atoms with Crippen molar-refractivity contribution in [1.82, 2.24) is 0 Å². The predicted octanol–water partition coefficient (Wildman–Crippen LogP) is 2.12. The van der Waals surface area contributed by atoms with Crippen molar-refractivity contribution in [1.29, 1.82) is 0 Å². The van der Waals surface area contributed by atoms with Gasteiger partial charge in [-0.15, -0.1) is 0 Å². The second-order valence-corrected chi connectivity index (χ2v) is 2.89. The van der Waals surface area contributed by atoms with Crippen LogP contribution < -0.4 is 0 Å². The van der Waals surface area contributed by atoms with Crippen LogP contribution in [-0.4, -0.2) is 16.8 Å². The van der Waals surface area contributed by atoms with E-state index in [0.717, 1.165) is 25.0 Å². The first-order valence-electron chi connectivity index (χ1n) is 3.70. The van der Waals surface area contributed by atoms with Crippen LogP contribution in [0.1, 0.15) is 25.7 Å². The van der Waals surface area contributed by atoms with Gasteiger partial charge in [0.05, 0.1) is 0 Å². The van der Waals surface area contributed by atoms with Crippen molar-refractivity contribution in [3.63, 3.8) is 0 Å². The smallest absolute Gasteiger partial charge is 0.330 e. The molecule has 0 spiro atoms. The maximum Gasteiger partial charge on any atom is 0.330 e. The largest absolute Gasteiger partial charge is 0.478 e.